The molecule has 7 nitrogen and oxygen atoms in total. The van der Waals surface area contributed by atoms with Gasteiger partial charge in [0.1, 0.15) is 5.69 Å². The van der Waals surface area contributed by atoms with Crippen LogP contribution in [0.2, 0.25) is 0 Å². The minimum Gasteiger partial charge on any atom is -0.454 e. The summed E-state index contributed by atoms with van der Waals surface area (Å²) in [7, 11) is 1.78. The predicted octanol–water partition coefficient (Wildman–Crippen LogP) is 2.87. The maximum atomic E-state index is 12.8. The third-order valence-corrected chi connectivity index (χ3v) is 4.63. The molecule has 0 fully saturated rings. The Morgan fingerprint density at radius 1 is 1.11 bits per heavy atom. The molecule has 0 saturated carbocycles. The van der Waals surface area contributed by atoms with E-state index in [4.69, 9.17) is 9.47 Å². The first-order valence-corrected chi connectivity index (χ1v) is 8.77. The third kappa shape index (κ3) is 3.18. The Hall–Kier alpha value is -3.74. The van der Waals surface area contributed by atoms with E-state index >= 15 is 0 Å². The predicted molar refractivity (Wildman–Crippen MR) is 106 cm³/mol. The molecule has 1 aromatic heterocycles. The third-order valence-electron chi connectivity index (χ3n) is 4.63. The van der Waals surface area contributed by atoms with Crippen LogP contribution < -0.4 is 20.3 Å². The molecular weight excluding hydrogens is 358 g/mol. The summed E-state index contributed by atoms with van der Waals surface area (Å²) in [4.78, 5) is 25.2. The fourth-order valence-electron chi connectivity index (χ4n) is 3.07. The van der Waals surface area contributed by atoms with Gasteiger partial charge >= 0.3 is 0 Å². The quantitative estimate of drug-likeness (QED) is 0.710. The number of para-hydroxylation sites is 1. The van der Waals surface area contributed by atoms with E-state index in [0.29, 0.717) is 17.2 Å². The van der Waals surface area contributed by atoms with Gasteiger partial charge in [0.05, 0.1) is 11.4 Å². The summed E-state index contributed by atoms with van der Waals surface area (Å²) >= 11 is 0. The van der Waals surface area contributed by atoms with Crippen LogP contribution in [0.25, 0.3) is 11.8 Å². The average Bonchev–Trinajstić information content (AvgIpc) is 3.25. The van der Waals surface area contributed by atoms with Gasteiger partial charge in [-0.05, 0) is 42.8 Å². The number of hydrogen-bond donors (Lipinski definition) is 1. The molecular formula is C21H19N3O4. The number of fused-ring (bicyclic) bond motifs is 1. The molecule has 0 unspecified atom stereocenters. The molecule has 1 amide bonds. The van der Waals surface area contributed by atoms with Gasteiger partial charge in [-0.15, -0.1) is 0 Å². The van der Waals surface area contributed by atoms with Crippen LogP contribution in [0.3, 0.4) is 0 Å². The van der Waals surface area contributed by atoms with Crippen LogP contribution in [0.1, 0.15) is 11.3 Å². The van der Waals surface area contributed by atoms with E-state index in [1.807, 2.05) is 36.4 Å². The van der Waals surface area contributed by atoms with Gasteiger partial charge in [-0.2, -0.15) is 0 Å². The molecule has 0 radical (unpaired) electrons. The number of aromatic nitrogens is 2. The molecule has 0 bridgehead atoms. The van der Waals surface area contributed by atoms with Crippen LogP contribution in [0, 0.1) is 6.92 Å². The van der Waals surface area contributed by atoms with Gasteiger partial charge in [0.2, 0.25) is 12.7 Å². The van der Waals surface area contributed by atoms with Crippen LogP contribution >= 0.6 is 0 Å². The highest BCUT2D eigenvalue weighted by Gasteiger charge is 2.17. The molecule has 2 aromatic carbocycles. The van der Waals surface area contributed by atoms with Gasteiger partial charge in [0.15, 0.2) is 11.5 Å². The van der Waals surface area contributed by atoms with Crippen molar-refractivity contribution in [1.29, 1.82) is 0 Å². The van der Waals surface area contributed by atoms with Crippen molar-refractivity contribution in [3.63, 3.8) is 0 Å². The van der Waals surface area contributed by atoms with Crippen molar-refractivity contribution in [2.75, 3.05) is 12.1 Å². The number of rotatable bonds is 4. The van der Waals surface area contributed by atoms with Crippen molar-refractivity contribution in [1.82, 2.24) is 9.36 Å². The molecule has 4 rings (SSSR count). The summed E-state index contributed by atoms with van der Waals surface area (Å²) in [5, 5.41) is 2.70. The number of anilines is 1. The minimum atomic E-state index is -0.385. The first-order valence-electron chi connectivity index (χ1n) is 8.77. The average molecular weight is 377 g/mol. The summed E-state index contributed by atoms with van der Waals surface area (Å²) in [5.41, 5.74) is 2.17. The maximum absolute atomic E-state index is 12.8. The standard InChI is InChI=1S/C21H19N3O4/c1-14-20(21(26)24(23(14)2)16-6-4-3-5-7-16)22-19(25)11-9-15-8-10-17-18(12-15)28-13-27-17/h3-12H,13H2,1-2H3,(H,22,25). The van der Waals surface area contributed by atoms with Crippen LogP contribution in [0.4, 0.5) is 5.69 Å². The van der Waals surface area contributed by atoms with E-state index in [-0.39, 0.29) is 23.9 Å². The van der Waals surface area contributed by atoms with Crippen molar-refractivity contribution in [2.24, 2.45) is 7.05 Å². The van der Waals surface area contributed by atoms with Crippen molar-refractivity contribution in [2.45, 2.75) is 6.92 Å². The van der Waals surface area contributed by atoms with Crippen LogP contribution in [-0.2, 0) is 11.8 Å². The molecule has 0 atom stereocenters. The summed E-state index contributed by atoms with van der Waals surface area (Å²) in [6.45, 7) is 1.99. The fourth-order valence-corrected chi connectivity index (χ4v) is 3.07. The molecule has 0 aliphatic carbocycles. The summed E-state index contributed by atoms with van der Waals surface area (Å²) in [6.07, 6.45) is 3.04. The Morgan fingerprint density at radius 3 is 2.64 bits per heavy atom. The Bertz CT molecular complexity index is 1130. The molecule has 3 aromatic rings. The van der Waals surface area contributed by atoms with E-state index in [2.05, 4.69) is 5.32 Å². The van der Waals surface area contributed by atoms with Gasteiger partial charge in [0.25, 0.3) is 5.56 Å². The van der Waals surface area contributed by atoms with Crippen LogP contribution in [0.15, 0.2) is 59.4 Å². The second kappa shape index (κ2) is 7.11. The summed E-state index contributed by atoms with van der Waals surface area (Å²) < 4.78 is 13.8. The van der Waals surface area contributed by atoms with E-state index in [9.17, 15) is 9.59 Å². The number of benzene rings is 2. The number of amides is 1. The lowest BCUT2D eigenvalue weighted by Gasteiger charge is -2.07. The van der Waals surface area contributed by atoms with Crippen molar-refractivity contribution < 1.29 is 14.3 Å². The van der Waals surface area contributed by atoms with E-state index in [1.54, 1.807) is 36.9 Å². The van der Waals surface area contributed by atoms with Crippen molar-refractivity contribution in [3.05, 3.63) is 76.2 Å². The van der Waals surface area contributed by atoms with Crippen molar-refractivity contribution in [3.8, 4) is 17.2 Å². The number of ether oxygens (including phenoxy) is 2. The molecule has 0 spiro atoms. The Morgan fingerprint density at radius 2 is 1.86 bits per heavy atom. The summed E-state index contributed by atoms with van der Waals surface area (Å²) in [6, 6.07) is 14.7. The molecule has 1 N–H and O–H groups in total. The maximum Gasteiger partial charge on any atom is 0.295 e. The Balaban J connectivity index is 1.56. The normalized spacial score (nSPS) is 12.5. The van der Waals surface area contributed by atoms with Gasteiger partial charge in [-0.1, -0.05) is 24.3 Å². The first kappa shape index (κ1) is 17.7. The molecule has 1 aliphatic heterocycles. The van der Waals surface area contributed by atoms with E-state index in [1.165, 1.54) is 10.8 Å². The fraction of sp³-hybridized carbons (Fsp3) is 0.143. The highest BCUT2D eigenvalue weighted by Crippen LogP contribution is 2.32. The number of hydrogen-bond acceptors (Lipinski definition) is 4. The van der Waals surface area contributed by atoms with Crippen LogP contribution in [0.5, 0.6) is 11.5 Å². The largest absolute Gasteiger partial charge is 0.454 e. The van der Waals surface area contributed by atoms with Gasteiger partial charge in [-0.3, -0.25) is 14.3 Å². The zero-order chi connectivity index (χ0) is 19.7. The highest BCUT2D eigenvalue weighted by atomic mass is 16.7. The lowest BCUT2D eigenvalue weighted by molar-refractivity contribution is -0.111. The topological polar surface area (TPSA) is 74.5 Å². The number of carbonyl (C=O) groups is 1. The zero-order valence-electron chi connectivity index (χ0n) is 15.5. The lowest BCUT2D eigenvalue weighted by Crippen LogP contribution is -2.22. The molecule has 7 heteroatoms. The number of nitrogens with zero attached hydrogens (tertiary/aromatic N) is 2. The SMILES string of the molecule is Cc1c(NC(=O)C=Cc2ccc3c(c2)OCO3)c(=O)n(-c2ccccc2)n1C. The molecule has 0 saturated heterocycles. The Kier molecular flexibility index (Phi) is 4.49. The minimum absolute atomic E-state index is 0.198. The second-order valence-electron chi connectivity index (χ2n) is 6.37. The monoisotopic (exact) mass is 377 g/mol. The lowest BCUT2D eigenvalue weighted by atomic mass is 10.2. The van der Waals surface area contributed by atoms with E-state index in [0.717, 1.165) is 11.3 Å². The molecule has 1 aliphatic rings. The first-order chi connectivity index (χ1) is 13.5. The highest BCUT2D eigenvalue weighted by molar-refractivity contribution is 6.02. The zero-order valence-corrected chi connectivity index (χ0v) is 15.5. The van der Waals surface area contributed by atoms with Crippen LogP contribution in [-0.4, -0.2) is 22.1 Å². The van der Waals surface area contributed by atoms with Gasteiger partial charge in [0, 0.05) is 13.1 Å². The second-order valence-corrected chi connectivity index (χ2v) is 6.37. The number of carbonyl (C=O) groups excluding carboxylic acids is 1. The van der Waals surface area contributed by atoms with Crippen molar-refractivity contribution >= 4 is 17.7 Å². The van der Waals surface area contributed by atoms with Gasteiger partial charge in [-0.25, -0.2) is 4.68 Å². The Labute approximate surface area is 161 Å². The summed E-state index contributed by atoms with van der Waals surface area (Å²) in [5.74, 6) is 0.943. The van der Waals surface area contributed by atoms with Gasteiger partial charge < -0.3 is 14.8 Å². The molecule has 142 valence electrons. The molecule has 28 heavy (non-hydrogen) atoms. The number of nitrogens with one attached hydrogen (secondary N) is 1. The molecule has 2 heterocycles. The van der Waals surface area contributed by atoms with E-state index < -0.39 is 0 Å². The smallest absolute Gasteiger partial charge is 0.295 e.